The number of hydrogen-bond donors (Lipinski definition) is 2. The molecule has 1 heterocycles. The van der Waals surface area contributed by atoms with Crippen molar-refractivity contribution in [3.8, 4) is 0 Å². The summed E-state index contributed by atoms with van der Waals surface area (Å²) in [6.45, 7) is 0. The van der Waals surface area contributed by atoms with E-state index in [0.29, 0.717) is 28.6 Å². The summed E-state index contributed by atoms with van der Waals surface area (Å²) in [6.07, 6.45) is 3.84. The second-order valence-electron chi connectivity index (χ2n) is 4.52. The number of nitrogens with zero attached hydrogens (tertiary/aromatic N) is 1. The minimum Gasteiger partial charge on any atom is -0.480 e. The zero-order valence-corrected chi connectivity index (χ0v) is 12.4. The van der Waals surface area contributed by atoms with Crippen LogP contribution in [0.1, 0.15) is 16.8 Å². The maximum absolute atomic E-state index is 12.3. The van der Waals surface area contributed by atoms with Crippen LogP contribution in [0.2, 0.25) is 0 Å². The molecule has 1 aromatic heterocycles. The number of rotatable bonds is 6. The van der Waals surface area contributed by atoms with Crippen LogP contribution in [0.4, 0.5) is 0 Å². The van der Waals surface area contributed by atoms with E-state index in [1.807, 2.05) is 24.5 Å². The highest BCUT2D eigenvalue weighted by atomic mass is 32.2. The quantitative estimate of drug-likeness (QED) is 0.855. The van der Waals surface area contributed by atoms with Gasteiger partial charge in [0, 0.05) is 11.6 Å². The molecule has 1 atom stereocenters. The van der Waals surface area contributed by atoms with E-state index in [4.69, 9.17) is 0 Å². The average molecular weight is 304 g/mol. The molecule has 1 aromatic carbocycles. The van der Waals surface area contributed by atoms with Crippen LogP contribution in [0.15, 0.2) is 36.5 Å². The van der Waals surface area contributed by atoms with Gasteiger partial charge < -0.3 is 10.4 Å². The molecule has 0 aliphatic heterocycles. The summed E-state index contributed by atoms with van der Waals surface area (Å²) >= 11 is 1.55. The molecule has 0 fully saturated rings. The van der Waals surface area contributed by atoms with Crippen molar-refractivity contribution in [1.82, 2.24) is 10.3 Å². The van der Waals surface area contributed by atoms with Crippen LogP contribution in [-0.4, -0.2) is 40.0 Å². The van der Waals surface area contributed by atoms with Crippen LogP contribution in [0, 0.1) is 0 Å². The Bertz CT molecular complexity index is 655. The van der Waals surface area contributed by atoms with Crippen LogP contribution in [0.5, 0.6) is 0 Å². The molecule has 110 valence electrons. The lowest BCUT2D eigenvalue weighted by molar-refractivity contribution is -0.139. The standard InChI is InChI=1S/C15H16N2O3S/c1-21-9-7-13(15(19)20)17-14(18)11-6-8-16-12-5-3-2-4-10(11)12/h2-6,8,13H,7,9H2,1H3,(H,17,18)(H,19,20)/t13-/m1/s1. The number of aliphatic carboxylic acids is 1. The Kier molecular flexibility index (Phi) is 5.16. The van der Waals surface area contributed by atoms with E-state index in [2.05, 4.69) is 10.3 Å². The van der Waals surface area contributed by atoms with Crippen molar-refractivity contribution >= 4 is 34.5 Å². The van der Waals surface area contributed by atoms with E-state index in [1.165, 1.54) is 0 Å². The van der Waals surface area contributed by atoms with E-state index in [0.717, 1.165) is 0 Å². The predicted octanol–water partition coefficient (Wildman–Crippen LogP) is 2.17. The van der Waals surface area contributed by atoms with Gasteiger partial charge in [-0.05, 0) is 30.6 Å². The van der Waals surface area contributed by atoms with Crippen molar-refractivity contribution in [3.63, 3.8) is 0 Å². The minimum atomic E-state index is -1.02. The Morgan fingerprint density at radius 1 is 1.33 bits per heavy atom. The number of fused-ring (bicyclic) bond motifs is 1. The molecule has 2 N–H and O–H groups in total. The summed E-state index contributed by atoms with van der Waals surface area (Å²) in [6, 6.07) is 8.00. The topological polar surface area (TPSA) is 79.3 Å². The van der Waals surface area contributed by atoms with Crippen LogP contribution in [0.3, 0.4) is 0 Å². The van der Waals surface area contributed by atoms with Gasteiger partial charge in [-0.1, -0.05) is 18.2 Å². The van der Waals surface area contributed by atoms with Crippen molar-refractivity contribution in [2.45, 2.75) is 12.5 Å². The number of para-hydroxylation sites is 1. The SMILES string of the molecule is CSCC[C@@H](NC(=O)c1ccnc2ccccc12)C(=O)O. The summed E-state index contributed by atoms with van der Waals surface area (Å²) < 4.78 is 0. The molecule has 2 rings (SSSR count). The molecule has 0 bridgehead atoms. The highest BCUT2D eigenvalue weighted by Crippen LogP contribution is 2.16. The van der Waals surface area contributed by atoms with Crippen LogP contribution < -0.4 is 5.32 Å². The van der Waals surface area contributed by atoms with Crippen LogP contribution >= 0.6 is 11.8 Å². The smallest absolute Gasteiger partial charge is 0.326 e. The number of benzene rings is 1. The Balaban J connectivity index is 2.23. The summed E-state index contributed by atoms with van der Waals surface area (Å²) in [4.78, 5) is 27.7. The fourth-order valence-corrected chi connectivity index (χ4v) is 2.49. The number of aromatic nitrogens is 1. The molecule has 1 amide bonds. The Hall–Kier alpha value is -2.08. The van der Waals surface area contributed by atoms with Crippen molar-refractivity contribution in [2.24, 2.45) is 0 Å². The second-order valence-corrected chi connectivity index (χ2v) is 5.51. The first-order valence-corrected chi connectivity index (χ1v) is 7.89. The molecule has 0 saturated carbocycles. The molecule has 0 radical (unpaired) electrons. The largest absolute Gasteiger partial charge is 0.480 e. The van der Waals surface area contributed by atoms with Gasteiger partial charge >= 0.3 is 5.97 Å². The first kappa shape index (κ1) is 15.3. The van der Waals surface area contributed by atoms with Crippen molar-refractivity contribution < 1.29 is 14.7 Å². The van der Waals surface area contributed by atoms with E-state index < -0.39 is 12.0 Å². The summed E-state index contributed by atoms with van der Waals surface area (Å²) in [5.41, 5.74) is 1.15. The number of carbonyl (C=O) groups excluding carboxylic acids is 1. The normalized spacial score (nSPS) is 12.0. The predicted molar refractivity (Wildman–Crippen MR) is 83.6 cm³/mol. The number of carbonyl (C=O) groups is 2. The Morgan fingerprint density at radius 3 is 2.81 bits per heavy atom. The molecule has 6 heteroatoms. The molecule has 0 aliphatic carbocycles. The summed E-state index contributed by atoms with van der Waals surface area (Å²) in [7, 11) is 0. The minimum absolute atomic E-state index is 0.387. The highest BCUT2D eigenvalue weighted by molar-refractivity contribution is 7.98. The Labute approximate surface area is 126 Å². The number of carboxylic acid groups (broad SMARTS) is 1. The fraction of sp³-hybridized carbons (Fsp3) is 0.267. The number of amides is 1. The Morgan fingerprint density at radius 2 is 2.10 bits per heavy atom. The molecule has 21 heavy (non-hydrogen) atoms. The van der Waals surface area contributed by atoms with Gasteiger partial charge in [0.15, 0.2) is 0 Å². The van der Waals surface area contributed by atoms with Gasteiger partial charge in [0.1, 0.15) is 6.04 Å². The molecule has 0 unspecified atom stereocenters. The lowest BCUT2D eigenvalue weighted by atomic mass is 10.1. The van der Waals surface area contributed by atoms with E-state index >= 15 is 0 Å². The van der Waals surface area contributed by atoms with E-state index in [-0.39, 0.29) is 5.91 Å². The third-order valence-electron chi connectivity index (χ3n) is 3.11. The zero-order valence-electron chi connectivity index (χ0n) is 11.6. The number of pyridine rings is 1. The first-order valence-electron chi connectivity index (χ1n) is 6.50. The molecule has 0 saturated heterocycles. The van der Waals surface area contributed by atoms with Crippen molar-refractivity contribution in [2.75, 3.05) is 12.0 Å². The lowest BCUT2D eigenvalue weighted by Crippen LogP contribution is -2.41. The van der Waals surface area contributed by atoms with Gasteiger partial charge in [-0.15, -0.1) is 0 Å². The van der Waals surface area contributed by atoms with Gasteiger partial charge in [0.25, 0.3) is 5.91 Å². The number of thioether (sulfide) groups is 1. The maximum atomic E-state index is 12.3. The molecular weight excluding hydrogens is 288 g/mol. The lowest BCUT2D eigenvalue weighted by Gasteiger charge is -2.14. The molecule has 0 spiro atoms. The van der Waals surface area contributed by atoms with Crippen molar-refractivity contribution in [3.05, 3.63) is 42.1 Å². The first-order chi connectivity index (χ1) is 10.1. The van der Waals surface area contributed by atoms with Crippen LogP contribution in [0.25, 0.3) is 10.9 Å². The van der Waals surface area contributed by atoms with Gasteiger partial charge in [-0.25, -0.2) is 4.79 Å². The highest BCUT2D eigenvalue weighted by Gasteiger charge is 2.21. The van der Waals surface area contributed by atoms with Gasteiger partial charge in [0.2, 0.25) is 0 Å². The van der Waals surface area contributed by atoms with Gasteiger partial charge in [0.05, 0.1) is 11.1 Å². The third-order valence-corrected chi connectivity index (χ3v) is 3.75. The monoisotopic (exact) mass is 304 g/mol. The van der Waals surface area contributed by atoms with Gasteiger partial charge in [-0.3, -0.25) is 9.78 Å². The van der Waals surface area contributed by atoms with Crippen molar-refractivity contribution in [1.29, 1.82) is 0 Å². The zero-order chi connectivity index (χ0) is 15.2. The molecule has 2 aromatic rings. The molecule has 0 aliphatic rings. The molecular formula is C15H16N2O3S. The fourth-order valence-electron chi connectivity index (χ4n) is 2.02. The molecule has 5 nitrogen and oxygen atoms in total. The second kappa shape index (κ2) is 7.08. The van der Waals surface area contributed by atoms with E-state index in [1.54, 1.807) is 30.1 Å². The average Bonchev–Trinajstić information content (AvgIpc) is 2.50. The number of nitrogens with one attached hydrogen (secondary N) is 1. The summed E-state index contributed by atoms with van der Waals surface area (Å²) in [5.74, 6) is -0.730. The van der Waals surface area contributed by atoms with Gasteiger partial charge in [-0.2, -0.15) is 11.8 Å². The number of carboxylic acids is 1. The van der Waals surface area contributed by atoms with E-state index in [9.17, 15) is 14.7 Å². The third kappa shape index (κ3) is 3.72. The summed E-state index contributed by atoms with van der Waals surface area (Å²) in [5, 5.41) is 12.5. The van der Waals surface area contributed by atoms with Crippen LogP contribution in [-0.2, 0) is 4.79 Å². The number of hydrogen-bond acceptors (Lipinski definition) is 4. The maximum Gasteiger partial charge on any atom is 0.326 e.